The molecule has 152 valence electrons. The molecule has 0 radical (unpaired) electrons. The van der Waals surface area contributed by atoms with Gasteiger partial charge in [-0.3, -0.25) is 14.4 Å². The van der Waals surface area contributed by atoms with Gasteiger partial charge in [-0.05, 0) is 37.5 Å². The van der Waals surface area contributed by atoms with Crippen LogP contribution in [0.5, 0.6) is 0 Å². The Morgan fingerprint density at radius 2 is 1.52 bits per heavy atom. The number of hydrogen-bond donors (Lipinski definition) is 3. The highest BCUT2D eigenvalue weighted by Gasteiger charge is 2.24. The summed E-state index contributed by atoms with van der Waals surface area (Å²) in [5, 5.41) is 7.74. The summed E-state index contributed by atoms with van der Waals surface area (Å²) in [5.41, 5.74) is 1.48. The standard InChI is InChI=1S/C22H25N3O4/c1-16(20(27)23-14-15-26)24-22(29)19(13-12-17-8-4-2-5-9-17)25-21(28)18-10-6-3-7-11-18/h2-11,15-16,19H,12-14H2,1H3,(H,23,27)(H,24,29)(H,25,28)/t16-,19+/m0/s1. The molecule has 0 aliphatic heterocycles. The zero-order valence-corrected chi connectivity index (χ0v) is 16.3. The first kappa shape index (κ1) is 21.8. The third kappa shape index (κ3) is 7.21. The van der Waals surface area contributed by atoms with Crippen molar-refractivity contribution < 1.29 is 19.2 Å². The van der Waals surface area contributed by atoms with Crippen LogP contribution in [0.4, 0.5) is 0 Å². The van der Waals surface area contributed by atoms with E-state index in [-0.39, 0.29) is 12.5 Å². The highest BCUT2D eigenvalue weighted by atomic mass is 16.2. The number of aryl methyl sites for hydroxylation is 1. The Morgan fingerprint density at radius 3 is 2.14 bits per heavy atom. The highest BCUT2D eigenvalue weighted by molar-refractivity contribution is 5.98. The van der Waals surface area contributed by atoms with Crippen LogP contribution in [-0.4, -0.2) is 42.6 Å². The molecule has 3 N–H and O–H groups in total. The van der Waals surface area contributed by atoms with Gasteiger partial charge in [-0.25, -0.2) is 0 Å². The molecule has 0 unspecified atom stereocenters. The normalized spacial score (nSPS) is 12.3. The molecule has 2 rings (SSSR count). The zero-order chi connectivity index (χ0) is 21.1. The van der Waals surface area contributed by atoms with Crippen LogP contribution < -0.4 is 16.0 Å². The molecule has 0 bridgehead atoms. The van der Waals surface area contributed by atoms with Crippen molar-refractivity contribution >= 4 is 24.0 Å². The molecule has 2 aromatic carbocycles. The molecular weight excluding hydrogens is 370 g/mol. The lowest BCUT2D eigenvalue weighted by atomic mass is 10.0. The number of benzene rings is 2. The molecule has 0 aliphatic carbocycles. The summed E-state index contributed by atoms with van der Waals surface area (Å²) in [4.78, 5) is 47.6. The molecule has 0 saturated carbocycles. The van der Waals surface area contributed by atoms with Gasteiger partial charge in [0, 0.05) is 5.56 Å². The minimum Gasteiger partial charge on any atom is -0.348 e. The number of nitrogens with one attached hydrogen (secondary N) is 3. The fraction of sp³-hybridized carbons (Fsp3) is 0.273. The predicted molar refractivity (Wildman–Crippen MR) is 109 cm³/mol. The first-order chi connectivity index (χ1) is 14.0. The van der Waals surface area contributed by atoms with Crippen molar-refractivity contribution in [3.8, 4) is 0 Å². The van der Waals surface area contributed by atoms with Crippen molar-refractivity contribution in [3.63, 3.8) is 0 Å². The van der Waals surface area contributed by atoms with Gasteiger partial charge in [0.05, 0.1) is 6.54 Å². The third-order valence-electron chi connectivity index (χ3n) is 4.33. The van der Waals surface area contributed by atoms with Crippen LogP contribution in [0.25, 0.3) is 0 Å². The fourth-order valence-electron chi connectivity index (χ4n) is 2.73. The van der Waals surface area contributed by atoms with Crippen LogP contribution in [-0.2, 0) is 20.8 Å². The average molecular weight is 395 g/mol. The van der Waals surface area contributed by atoms with E-state index in [0.29, 0.717) is 24.7 Å². The number of hydrogen-bond acceptors (Lipinski definition) is 4. The minimum atomic E-state index is -0.838. The van der Waals surface area contributed by atoms with Gasteiger partial charge in [-0.15, -0.1) is 0 Å². The Morgan fingerprint density at radius 1 is 0.897 bits per heavy atom. The Hall–Kier alpha value is -3.48. The van der Waals surface area contributed by atoms with Crippen LogP contribution in [0, 0.1) is 0 Å². The fourth-order valence-corrected chi connectivity index (χ4v) is 2.73. The maximum Gasteiger partial charge on any atom is 0.251 e. The van der Waals surface area contributed by atoms with Crippen molar-refractivity contribution in [1.82, 2.24) is 16.0 Å². The summed E-state index contributed by atoms with van der Waals surface area (Å²) in [6.45, 7) is 1.40. The molecule has 7 nitrogen and oxygen atoms in total. The first-order valence-electron chi connectivity index (χ1n) is 9.43. The molecule has 3 amide bonds. The van der Waals surface area contributed by atoms with Gasteiger partial charge in [0.2, 0.25) is 11.8 Å². The third-order valence-corrected chi connectivity index (χ3v) is 4.33. The smallest absolute Gasteiger partial charge is 0.251 e. The Labute approximate surface area is 169 Å². The van der Waals surface area contributed by atoms with E-state index in [4.69, 9.17) is 0 Å². The lowest BCUT2D eigenvalue weighted by Crippen LogP contribution is -2.53. The van der Waals surface area contributed by atoms with E-state index in [1.165, 1.54) is 6.92 Å². The maximum atomic E-state index is 12.7. The summed E-state index contributed by atoms with van der Waals surface area (Å²) in [6.07, 6.45) is 1.52. The molecule has 7 heteroatoms. The molecule has 2 atom stereocenters. The second kappa shape index (κ2) is 11.4. The number of aldehydes is 1. The Balaban J connectivity index is 2.05. The topological polar surface area (TPSA) is 104 Å². The van der Waals surface area contributed by atoms with Gasteiger partial charge in [0.15, 0.2) is 0 Å². The molecule has 2 aromatic rings. The van der Waals surface area contributed by atoms with Crippen molar-refractivity contribution in [3.05, 3.63) is 71.8 Å². The summed E-state index contributed by atoms with van der Waals surface area (Å²) >= 11 is 0. The molecule has 0 aromatic heterocycles. The summed E-state index contributed by atoms with van der Waals surface area (Å²) < 4.78 is 0. The lowest BCUT2D eigenvalue weighted by molar-refractivity contribution is -0.129. The van der Waals surface area contributed by atoms with Crippen molar-refractivity contribution in [2.24, 2.45) is 0 Å². The second-order valence-electron chi connectivity index (χ2n) is 6.56. The van der Waals surface area contributed by atoms with E-state index < -0.39 is 23.9 Å². The van der Waals surface area contributed by atoms with Gasteiger partial charge < -0.3 is 20.7 Å². The molecule has 0 spiro atoms. The van der Waals surface area contributed by atoms with E-state index in [1.807, 2.05) is 30.3 Å². The average Bonchev–Trinajstić information content (AvgIpc) is 2.75. The van der Waals surface area contributed by atoms with E-state index >= 15 is 0 Å². The minimum absolute atomic E-state index is 0.124. The van der Waals surface area contributed by atoms with Gasteiger partial charge in [-0.2, -0.15) is 0 Å². The monoisotopic (exact) mass is 395 g/mol. The highest BCUT2D eigenvalue weighted by Crippen LogP contribution is 2.07. The van der Waals surface area contributed by atoms with E-state index in [0.717, 1.165) is 5.56 Å². The SMILES string of the molecule is C[C@H](NC(=O)[C@@H](CCc1ccccc1)NC(=O)c1ccccc1)C(=O)NCC=O. The summed E-state index contributed by atoms with van der Waals surface area (Å²) in [7, 11) is 0. The Bertz CT molecular complexity index is 824. The molecular formula is C22H25N3O4. The molecule has 0 fully saturated rings. The van der Waals surface area contributed by atoms with Crippen molar-refractivity contribution in [2.75, 3.05) is 6.54 Å². The molecule has 0 heterocycles. The van der Waals surface area contributed by atoms with Crippen molar-refractivity contribution in [2.45, 2.75) is 31.8 Å². The van der Waals surface area contributed by atoms with Gasteiger partial charge in [0.1, 0.15) is 18.4 Å². The largest absolute Gasteiger partial charge is 0.348 e. The Kier molecular flexibility index (Phi) is 8.56. The molecule has 0 saturated heterocycles. The van der Waals surface area contributed by atoms with Crippen molar-refractivity contribution in [1.29, 1.82) is 0 Å². The maximum absolute atomic E-state index is 12.7. The summed E-state index contributed by atoms with van der Waals surface area (Å²) in [6, 6.07) is 16.6. The van der Waals surface area contributed by atoms with Gasteiger partial charge >= 0.3 is 0 Å². The lowest BCUT2D eigenvalue weighted by Gasteiger charge is -2.21. The molecule has 0 aliphatic rings. The van der Waals surface area contributed by atoms with Gasteiger partial charge in [0.25, 0.3) is 5.91 Å². The zero-order valence-electron chi connectivity index (χ0n) is 16.3. The number of carbonyl (C=O) groups is 4. The van der Waals surface area contributed by atoms with E-state index in [2.05, 4.69) is 16.0 Å². The van der Waals surface area contributed by atoms with Gasteiger partial charge in [-0.1, -0.05) is 48.5 Å². The van der Waals surface area contributed by atoms with Crippen LogP contribution >= 0.6 is 0 Å². The quantitative estimate of drug-likeness (QED) is 0.527. The number of amides is 3. The van der Waals surface area contributed by atoms with Crippen LogP contribution in [0.3, 0.4) is 0 Å². The predicted octanol–water partition coefficient (Wildman–Crippen LogP) is 1.24. The number of carbonyl (C=O) groups excluding carboxylic acids is 4. The second-order valence-corrected chi connectivity index (χ2v) is 6.56. The first-order valence-corrected chi connectivity index (χ1v) is 9.43. The molecule has 29 heavy (non-hydrogen) atoms. The van der Waals surface area contributed by atoms with E-state index in [1.54, 1.807) is 30.3 Å². The van der Waals surface area contributed by atoms with Crippen LogP contribution in [0.2, 0.25) is 0 Å². The summed E-state index contributed by atoms with van der Waals surface area (Å²) in [5.74, 6) is -1.29. The van der Waals surface area contributed by atoms with E-state index in [9.17, 15) is 19.2 Å². The van der Waals surface area contributed by atoms with Crippen LogP contribution in [0.1, 0.15) is 29.3 Å². The number of rotatable bonds is 10. The van der Waals surface area contributed by atoms with Crippen LogP contribution in [0.15, 0.2) is 60.7 Å².